The Kier molecular flexibility index (Phi) is 21.1. The third-order valence-corrected chi connectivity index (χ3v) is 12.7. The molecule has 430 valence electrons. The second-order valence-corrected chi connectivity index (χ2v) is 20.6. The number of nitrogens with one attached hydrogen (secondary N) is 1. The van der Waals surface area contributed by atoms with Gasteiger partial charge >= 0.3 is 30.1 Å². The van der Waals surface area contributed by atoms with Gasteiger partial charge in [0.1, 0.15) is 40.8 Å². The van der Waals surface area contributed by atoms with Crippen molar-refractivity contribution in [3.63, 3.8) is 0 Å². The van der Waals surface area contributed by atoms with E-state index in [1.807, 2.05) is 85.8 Å². The van der Waals surface area contributed by atoms with E-state index in [0.717, 1.165) is 33.6 Å². The summed E-state index contributed by atoms with van der Waals surface area (Å²) in [4.78, 5) is 65.4. The van der Waals surface area contributed by atoms with Crippen LogP contribution in [0.15, 0.2) is 97.1 Å². The number of nitrogens with zero attached hydrogens (tertiary/aromatic N) is 2. The molecule has 0 saturated heterocycles. The van der Waals surface area contributed by atoms with Crippen LogP contribution in [0.4, 0.5) is 9.59 Å². The number of amides is 2. The number of rotatable bonds is 13. The molecule has 80 heavy (non-hydrogen) atoms. The number of para-hydroxylation sites is 2. The molecular formula is C61H75N3O16. The Hall–Kier alpha value is -8.19. The summed E-state index contributed by atoms with van der Waals surface area (Å²) < 4.78 is 54.8. The van der Waals surface area contributed by atoms with Crippen molar-refractivity contribution in [2.24, 2.45) is 0 Å². The van der Waals surface area contributed by atoms with E-state index in [2.05, 4.69) is 5.32 Å². The minimum atomic E-state index is -0.861. The topological polar surface area (TPSA) is 216 Å². The molecule has 2 N–H and O–H groups in total. The van der Waals surface area contributed by atoms with Gasteiger partial charge in [0.05, 0.1) is 54.2 Å². The van der Waals surface area contributed by atoms with E-state index in [9.17, 15) is 29.1 Å². The molecule has 0 fully saturated rings. The summed E-state index contributed by atoms with van der Waals surface area (Å²) in [6.45, 7) is 17.6. The highest BCUT2D eigenvalue weighted by Crippen LogP contribution is 2.43. The molecule has 3 aliphatic heterocycles. The van der Waals surface area contributed by atoms with Crippen LogP contribution in [0.5, 0.6) is 46.0 Å². The van der Waals surface area contributed by atoms with Gasteiger partial charge in [-0.3, -0.25) is 14.6 Å². The lowest BCUT2D eigenvalue weighted by Crippen LogP contribution is -2.50. The molecule has 3 atom stereocenters. The molecule has 0 aromatic heterocycles. The van der Waals surface area contributed by atoms with Gasteiger partial charge in [0, 0.05) is 42.5 Å². The average Bonchev–Trinajstić information content (AvgIpc) is 3.44. The number of benzene rings is 5. The highest BCUT2D eigenvalue weighted by atomic mass is 16.6. The Bertz CT molecular complexity index is 2940. The van der Waals surface area contributed by atoms with Crippen LogP contribution in [0.3, 0.4) is 0 Å². The second-order valence-electron chi connectivity index (χ2n) is 20.6. The first-order valence-electron chi connectivity index (χ1n) is 26.6. The lowest BCUT2D eigenvalue weighted by atomic mass is 9.92. The number of esters is 3. The first kappa shape index (κ1) is 61.0. The van der Waals surface area contributed by atoms with Gasteiger partial charge in [-0.15, -0.1) is 0 Å². The van der Waals surface area contributed by atoms with Gasteiger partial charge in [-0.25, -0.2) is 19.2 Å². The molecule has 19 nitrogen and oxygen atoms in total. The zero-order valence-corrected chi connectivity index (χ0v) is 47.8. The third kappa shape index (κ3) is 15.8. The lowest BCUT2D eigenvalue weighted by molar-refractivity contribution is -0.150. The summed E-state index contributed by atoms with van der Waals surface area (Å²) in [5, 5.41) is 13.6. The predicted molar refractivity (Wildman–Crippen MR) is 296 cm³/mol. The van der Waals surface area contributed by atoms with Crippen LogP contribution < -0.4 is 29.0 Å². The minimum absolute atomic E-state index is 0.0156. The SMILES string of the molecule is CCOC(=O)[C@@H]1Cc2c(ccc(OC)c2O)CN1C(=O)OC(C)(C)C.CCOC(=O)[C@@H]1Cc2c(ccc(OC)c2Oc2ccccc2)CN1.CCOC(=O)[C@@H]1Cc2c(ccc(OC)c2Oc2ccccc2)CN1C(=O)OC(C)(C)C. The number of hydrogen-bond donors (Lipinski definition) is 2. The largest absolute Gasteiger partial charge is 0.504 e. The van der Waals surface area contributed by atoms with Gasteiger partial charge < -0.3 is 57.8 Å². The van der Waals surface area contributed by atoms with E-state index in [0.29, 0.717) is 59.6 Å². The Morgan fingerprint density at radius 3 is 1.32 bits per heavy atom. The van der Waals surface area contributed by atoms with Crippen LogP contribution in [0.25, 0.3) is 0 Å². The summed E-state index contributed by atoms with van der Waals surface area (Å²) in [5.74, 6) is 2.85. The van der Waals surface area contributed by atoms with E-state index in [1.165, 1.54) is 16.9 Å². The number of methoxy groups -OCH3 is 3. The van der Waals surface area contributed by atoms with Crippen molar-refractivity contribution in [2.45, 2.75) is 131 Å². The normalized spacial score (nSPS) is 16.2. The molecule has 3 aliphatic rings. The van der Waals surface area contributed by atoms with Crippen LogP contribution in [-0.2, 0) is 77.0 Å². The molecule has 0 radical (unpaired) electrons. The van der Waals surface area contributed by atoms with Crippen LogP contribution in [0.2, 0.25) is 0 Å². The van der Waals surface area contributed by atoms with Gasteiger partial charge in [0.2, 0.25) is 0 Å². The van der Waals surface area contributed by atoms with Crippen molar-refractivity contribution >= 4 is 30.1 Å². The van der Waals surface area contributed by atoms with Crippen LogP contribution in [-0.4, -0.2) is 115 Å². The molecule has 2 amide bonds. The zero-order valence-electron chi connectivity index (χ0n) is 47.8. The van der Waals surface area contributed by atoms with Gasteiger partial charge in [-0.1, -0.05) is 54.6 Å². The summed E-state index contributed by atoms with van der Waals surface area (Å²) in [6.07, 6.45) is -0.277. The molecule has 3 heterocycles. The summed E-state index contributed by atoms with van der Waals surface area (Å²) in [5.41, 5.74) is 3.70. The van der Waals surface area contributed by atoms with Gasteiger partial charge in [0.15, 0.2) is 34.5 Å². The lowest BCUT2D eigenvalue weighted by Gasteiger charge is -2.37. The smallest absolute Gasteiger partial charge is 0.411 e. The van der Waals surface area contributed by atoms with Crippen molar-refractivity contribution in [1.29, 1.82) is 0 Å². The van der Waals surface area contributed by atoms with E-state index in [-0.39, 0.29) is 56.9 Å². The third-order valence-electron chi connectivity index (χ3n) is 12.7. The number of carbonyl (C=O) groups excluding carboxylic acids is 5. The summed E-state index contributed by atoms with van der Waals surface area (Å²) in [7, 11) is 4.64. The summed E-state index contributed by atoms with van der Waals surface area (Å²) >= 11 is 0. The molecule has 0 bridgehead atoms. The van der Waals surface area contributed by atoms with E-state index >= 15 is 0 Å². The van der Waals surface area contributed by atoms with Crippen molar-refractivity contribution in [3.8, 4) is 46.0 Å². The highest BCUT2D eigenvalue weighted by molar-refractivity contribution is 5.84. The monoisotopic (exact) mass is 1110 g/mol. The molecule has 5 aromatic rings. The maximum absolute atomic E-state index is 12.9. The van der Waals surface area contributed by atoms with E-state index in [1.54, 1.807) is 87.8 Å². The number of ether oxygens (including phenoxy) is 10. The number of phenolic OH excluding ortho intramolecular Hbond substituents is 1. The number of fused-ring (bicyclic) bond motifs is 3. The van der Waals surface area contributed by atoms with Gasteiger partial charge in [-0.05, 0) is 121 Å². The fourth-order valence-electron chi connectivity index (χ4n) is 9.05. The van der Waals surface area contributed by atoms with Crippen molar-refractivity contribution < 1.29 is 76.4 Å². The number of phenols is 1. The number of carbonyl (C=O) groups is 5. The fraction of sp³-hybridized carbons (Fsp3) is 0.426. The molecular weight excluding hydrogens is 1030 g/mol. The van der Waals surface area contributed by atoms with Crippen LogP contribution in [0.1, 0.15) is 95.7 Å². The van der Waals surface area contributed by atoms with Crippen LogP contribution in [0, 0.1) is 0 Å². The molecule has 0 saturated carbocycles. The van der Waals surface area contributed by atoms with Crippen molar-refractivity contribution in [3.05, 3.63) is 130 Å². The maximum atomic E-state index is 12.9. The Morgan fingerprint density at radius 1 is 0.512 bits per heavy atom. The first-order chi connectivity index (χ1) is 38.1. The molecule has 0 spiro atoms. The number of hydrogen-bond acceptors (Lipinski definition) is 17. The Labute approximate surface area is 468 Å². The second kappa shape index (κ2) is 27.6. The minimum Gasteiger partial charge on any atom is -0.504 e. The zero-order chi connectivity index (χ0) is 58.3. The van der Waals surface area contributed by atoms with Crippen molar-refractivity contribution in [1.82, 2.24) is 15.1 Å². The van der Waals surface area contributed by atoms with E-state index < -0.39 is 47.4 Å². The average molecular weight is 1110 g/mol. The fourth-order valence-corrected chi connectivity index (χ4v) is 9.05. The van der Waals surface area contributed by atoms with Gasteiger partial charge in [-0.2, -0.15) is 0 Å². The summed E-state index contributed by atoms with van der Waals surface area (Å²) in [6, 6.07) is 27.8. The van der Waals surface area contributed by atoms with Crippen LogP contribution >= 0.6 is 0 Å². The quantitative estimate of drug-likeness (QED) is 0.0828. The maximum Gasteiger partial charge on any atom is 0.411 e. The van der Waals surface area contributed by atoms with Gasteiger partial charge in [0.25, 0.3) is 0 Å². The standard InChI is InChI=1S/C24H29NO6.C19H21NO4.C18H25NO6/c1-6-29-22(26)19-14-18-16(15-25(19)23(27)31-24(2,3)4)12-13-20(28-5)21(18)30-17-10-8-7-9-11-17;1-3-23-19(21)16-11-15-13(12-20-16)9-10-17(22-2)18(15)24-14-7-5-4-6-8-14;1-6-24-16(21)13-9-12-11(7-8-14(23-5)15(12)20)10-19(13)17(22)25-18(2,3)4/h7-13,19H,6,14-15H2,1-5H3;4-10,16,20H,3,11-12H2,1-2H3;7-8,13,20H,6,9-10H2,1-5H3/t19-;16-;13-/m000/s1. The van der Waals surface area contributed by atoms with E-state index in [4.69, 9.17) is 47.4 Å². The molecule has 0 aliphatic carbocycles. The highest BCUT2D eigenvalue weighted by Gasteiger charge is 2.41. The molecule has 19 heteroatoms. The molecule has 0 unspecified atom stereocenters. The number of aromatic hydroxyl groups is 1. The Balaban J connectivity index is 0.000000196. The first-order valence-corrected chi connectivity index (χ1v) is 26.6. The molecule has 5 aromatic carbocycles. The Morgan fingerprint density at radius 2 is 0.900 bits per heavy atom. The van der Waals surface area contributed by atoms with Crippen molar-refractivity contribution in [2.75, 3.05) is 41.2 Å². The molecule has 8 rings (SSSR count). The predicted octanol–water partition coefficient (Wildman–Crippen LogP) is 10.4.